The van der Waals surface area contributed by atoms with Gasteiger partial charge in [-0.3, -0.25) is 0 Å². The quantitative estimate of drug-likeness (QED) is 0.837. The Bertz CT molecular complexity index is 371. The number of anilines is 1. The molecule has 0 amide bonds. The van der Waals surface area contributed by atoms with Crippen LogP contribution in [0.2, 0.25) is 0 Å². The van der Waals surface area contributed by atoms with Gasteiger partial charge in [-0.1, -0.05) is 0 Å². The molecule has 0 atom stereocenters. The molecule has 1 aromatic carbocycles. The lowest BCUT2D eigenvalue weighted by molar-refractivity contribution is 0.414. The molecule has 0 aliphatic carbocycles. The maximum atomic E-state index is 13.9. The van der Waals surface area contributed by atoms with Crippen LogP contribution in [0, 0.1) is 11.6 Å². The second-order valence-electron chi connectivity index (χ2n) is 4.67. The van der Waals surface area contributed by atoms with Gasteiger partial charge in [-0.2, -0.15) is 0 Å². The van der Waals surface area contributed by atoms with Gasteiger partial charge in [-0.25, -0.2) is 8.78 Å². The normalized spacial score (nSPS) is 11.1. The van der Waals surface area contributed by atoms with Crippen LogP contribution >= 0.6 is 0 Å². The van der Waals surface area contributed by atoms with Crippen LogP contribution in [-0.4, -0.2) is 45.7 Å². The summed E-state index contributed by atoms with van der Waals surface area (Å²) in [4.78, 5) is 3.56. The van der Waals surface area contributed by atoms with Gasteiger partial charge in [-0.15, -0.1) is 0 Å². The van der Waals surface area contributed by atoms with Crippen LogP contribution in [0.15, 0.2) is 12.1 Å². The average Bonchev–Trinajstić information content (AvgIpc) is 2.25. The third-order valence-corrected chi connectivity index (χ3v) is 2.77. The Morgan fingerprint density at radius 2 is 1.61 bits per heavy atom. The van der Waals surface area contributed by atoms with E-state index in [4.69, 9.17) is 5.73 Å². The number of nitrogens with two attached hydrogens (primary N) is 1. The highest BCUT2D eigenvalue weighted by atomic mass is 19.1. The monoisotopic (exact) mass is 257 g/mol. The van der Waals surface area contributed by atoms with Gasteiger partial charge < -0.3 is 15.5 Å². The predicted molar refractivity (Wildman–Crippen MR) is 70.9 cm³/mol. The second kappa shape index (κ2) is 6.66. The van der Waals surface area contributed by atoms with Crippen molar-refractivity contribution in [2.24, 2.45) is 5.73 Å². The first kappa shape index (κ1) is 14.9. The van der Waals surface area contributed by atoms with E-state index in [0.29, 0.717) is 25.1 Å². The fraction of sp³-hybridized carbons (Fsp3) is 0.538. The first-order chi connectivity index (χ1) is 8.45. The zero-order valence-corrected chi connectivity index (χ0v) is 11.2. The Labute approximate surface area is 107 Å². The summed E-state index contributed by atoms with van der Waals surface area (Å²) in [6.07, 6.45) is 0.482. The van der Waals surface area contributed by atoms with Crippen molar-refractivity contribution in [3.8, 4) is 0 Å². The highest BCUT2D eigenvalue weighted by Crippen LogP contribution is 2.24. The van der Waals surface area contributed by atoms with Crippen molar-refractivity contribution < 1.29 is 8.78 Å². The van der Waals surface area contributed by atoms with Crippen molar-refractivity contribution in [2.75, 3.05) is 45.7 Å². The molecule has 0 fully saturated rings. The summed E-state index contributed by atoms with van der Waals surface area (Å²) >= 11 is 0. The number of halogens is 2. The number of benzene rings is 1. The summed E-state index contributed by atoms with van der Waals surface area (Å²) < 4.78 is 27.7. The summed E-state index contributed by atoms with van der Waals surface area (Å²) in [6.45, 7) is 1.69. The minimum absolute atomic E-state index is 0.0256. The number of hydrogen-bond acceptors (Lipinski definition) is 3. The standard InChI is InChI=1S/C13H21F2N3/c1-17(2)6-7-18(3)13-11(14)8-10(4-5-16)9-12(13)15/h8-9H,4-7,16H2,1-3H3. The SMILES string of the molecule is CN(C)CCN(C)c1c(F)cc(CCN)cc1F. The lowest BCUT2D eigenvalue weighted by atomic mass is 10.1. The zero-order chi connectivity index (χ0) is 13.7. The van der Waals surface area contributed by atoms with Gasteiger partial charge in [0, 0.05) is 20.1 Å². The molecule has 2 N–H and O–H groups in total. The third kappa shape index (κ3) is 3.92. The number of nitrogens with zero attached hydrogens (tertiary/aromatic N) is 2. The van der Waals surface area contributed by atoms with Crippen molar-refractivity contribution in [3.63, 3.8) is 0 Å². The molecule has 102 valence electrons. The number of likely N-dealkylation sites (N-methyl/N-ethyl adjacent to an activating group) is 2. The Morgan fingerprint density at radius 3 is 2.06 bits per heavy atom. The largest absolute Gasteiger partial charge is 0.369 e. The van der Waals surface area contributed by atoms with E-state index in [1.54, 1.807) is 11.9 Å². The maximum absolute atomic E-state index is 13.9. The third-order valence-electron chi connectivity index (χ3n) is 2.77. The van der Waals surface area contributed by atoms with Crippen LogP contribution in [0.4, 0.5) is 14.5 Å². The minimum Gasteiger partial charge on any atom is -0.369 e. The van der Waals surface area contributed by atoms with E-state index in [1.165, 1.54) is 12.1 Å². The molecule has 0 saturated carbocycles. The van der Waals surface area contributed by atoms with Crippen molar-refractivity contribution >= 4 is 5.69 Å². The van der Waals surface area contributed by atoms with Crippen molar-refractivity contribution in [1.29, 1.82) is 0 Å². The van der Waals surface area contributed by atoms with Gasteiger partial charge in [-0.05, 0) is 44.8 Å². The smallest absolute Gasteiger partial charge is 0.149 e. The van der Waals surface area contributed by atoms with E-state index >= 15 is 0 Å². The zero-order valence-electron chi connectivity index (χ0n) is 11.2. The molecule has 0 saturated heterocycles. The van der Waals surface area contributed by atoms with Gasteiger partial charge >= 0.3 is 0 Å². The molecule has 0 aromatic heterocycles. The van der Waals surface area contributed by atoms with Crippen molar-refractivity contribution in [3.05, 3.63) is 29.3 Å². The molecule has 0 aliphatic heterocycles. The molecule has 0 radical (unpaired) electrons. The molecular weight excluding hydrogens is 236 g/mol. The van der Waals surface area contributed by atoms with Crippen LogP contribution in [-0.2, 0) is 6.42 Å². The topological polar surface area (TPSA) is 32.5 Å². The molecule has 1 rings (SSSR count). The fourth-order valence-corrected chi connectivity index (χ4v) is 1.76. The van der Waals surface area contributed by atoms with Gasteiger partial charge in [0.2, 0.25) is 0 Å². The summed E-state index contributed by atoms with van der Waals surface area (Å²) in [6, 6.07) is 2.72. The first-order valence-corrected chi connectivity index (χ1v) is 5.99. The lowest BCUT2D eigenvalue weighted by Gasteiger charge is -2.23. The van der Waals surface area contributed by atoms with Gasteiger partial charge in [0.05, 0.1) is 0 Å². The Hall–Kier alpha value is -1.20. The average molecular weight is 257 g/mol. The first-order valence-electron chi connectivity index (χ1n) is 5.99. The van der Waals surface area contributed by atoms with Gasteiger partial charge in [0.1, 0.15) is 17.3 Å². The maximum Gasteiger partial charge on any atom is 0.149 e. The van der Waals surface area contributed by atoms with Crippen LogP contribution in [0.1, 0.15) is 5.56 Å². The lowest BCUT2D eigenvalue weighted by Crippen LogP contribution is -2.29. The molecule has 1 aromatic rings. The minimum atomic E-state index is -0.528. The van der Waals surface area contributed by atoms with Crippen LogP contribution in [0.5, 0.6) is 0 Å². The van der Waals surface area contributed by atoms with Crippen molar-refractivity contribution in [1.82, 2.24) is 4.90 Å². The molecule has 0 unspecified atom stereocenters. The highest BCUT2D eigenvalue weighted by molar-refractivity contribution is 5.50. The molecule has 0 spiro atoms. The molecule has 18 heavy (non-hydrogen) atoms. The summed E-state index contributed by atoms with van der Waals surface area (Å²) in [5.41, 5.74) is 6.00. The van der Waals surface area contributed by atoms with E-state index in [1.807, 2.05) is 19.0 Å². The summed E-state index contributed by atoms with van der Waals surface area (Å²) in [5, 5.41) is 0. The van der Waals surface area contributed by atoms with E-state index in [9.17, 15) is 8.78 Å². The van der Waals surface area contributed by atoms with E-state index < -0.39 is 11.6 Å². The van der Waals surface area contributed by atoms with Gasteiger partial charge in [0.25, 0.3) is 0 Å². The Kier molecular flexibility index (Phi) is 5.50. The van der Waals surface area contributed by atoms with Crippen LogP contribution in [0.25, 0.3) is 0 Å². The summed E-state index contributed by atoms with van der Waals surface area (Å²) in [5.74, 6) is -1.06. The molecule has 0 heterocycles. The molecular formula is C13H21F2N3. The van der Waals surface area contributed by atoms with E-state index in [0.717, 1.165) is 6.54 Å². The van der Waals surface area contributed by atoms with E-state index in [2.05, 4.69) is 0 Å². The number of hydrogen-bond donors (Lipinski definition) is 1. The van der Waals surface area contributed by atoms with Crippen LogP contribution in [0.3, 0.4) is 0 Å². The van der Waals surface area contributed by atoms with Gasteiger partial charge in [0.15, 0.2) is 0 Å². The molecule has 5 heteroatoms. The Balaban J connectivity index is 2.88. The molecule has 0 aliphatic rings. The van der Waals surface area contributed by atoms with E-state index in [-0.39, 0.29) is 5.69 Å². The molecule has 0 bridgehead atoms. The second-order valence-corrected chi connectivity index (χ2v) is 4.67. The van der Waals surface area contributed by atoms with Crippen molar-refractivity contribution in [2.45, 2.75) is 6.42 Å². The Morgan fingerprint density at radius 1 is 1.06 bits per heavy atom. The number of rotatable bonds is 6. The fourth-order valence-electron chi connectivity index (χ4n) is 1.76. The van der Waals surface area contributed by atoms with Crippen LogP contribution < -0.4 is 10.6 Å². The molecule has 3 nitrogen and oxygen atoms in total. The highest BCUT2D eigenvalue weighted by Gasteiger charge is 2.15. The summed E-state index contributed by atoms with van der Waals surface area (Å²) in [7, 11) is 5.53. The predicted octanol–water partition coefficient (Wildman–Crippen LogP) is 1.46.